The van der Waals surface area contributed by atoms with Crippen LogP contribution < -0.4 is 5.32 Å². The van der Waals surface area contributed by atoms with Crippen molar-refractivity contribution in [1.82, 2.24) is 10.2 Å². The molecule has 4 heteroatoms. The highest BCUT2D eigenvalue weighted by atomic mass is 16.5. The van der Waals surface area contributed by atoms with Crippen LogP contribution in [0.3, 0.4) is 0 Å². The maximum absolute atomic E-state index is 12.0. The molecule has 2 heterocycles. The third-order valence-electron chi connectivity index (χ3n) is 3.31. The lowest BCUT2D eigenvalue weighted by atomic mass is 10.0. The van der Waals surface area contributed by atoms with Gasteiger partial charge in [-0.15, -0.1) is 0 Å². The van der Waals surface area contributed by atoms with Crippen LogP contribution in [0.15, 0.2) is 0 Å². The van der Waals surface area contributed by atoms with Crippen molar-refractivity contribution in [2.45, 2.75) is 25.8 Å². The zero-order valence-electron chi connectivity index (χ0n) is 9.37. The van der Waals surface area contributed by atoms with Gasteiger partial charge in [0, 0.05) is 13.0 Å². The number of rotatable bonds is 2. The summed E-state index contributed by atoms with van der Waals surface area (Å²) < 4.78 is 5.33. The van der Waals surface area contributed by atoms with Crippen molar-refractivity contribution in [3.63, 3.8) is 0 Å². The van der Waals surface area contributed by atoms with E-state index in [-0.39, 0.29) is 6.04 Å². The molecular weight excluding hydrogens is 192 g/mol. The Kier molecular flexibility index (Phi) is 3.59. The Morgan fingerprint density at radius 3 is 3.13 bits per heavy atom. The van der Waals surface area contributed by atoms with E-state index in [1.54, 1.807) is 0 Å². The number of ether oxygens (including phenoxy) is 1. The van der Waals surface area contributed by atoms with Gasteiger partial charge in [-0.2, -0.15) is 0 Å². The van der Waals surface area contributed by atoms with Crippen LogP contribution >= 0.6 is 0 Å². The van der Waals surface area contributed by atoms with Crippen LogP contribution in [0.4, 0.5) is 0 Å². The summed E-state index contributed by atoms with van der Waals surface area (Å²) >= 11 is 0. The Balaban J connectivity index is 1.83. The van der Waals surface area contributed by atoms with Crippen LogP contribution in [0.1, 0.15) is 19.8 Å². The van der Waals surface area contributed by atoms with Crippen molar-refractivity contribution in [1.29, 1.82) is 0 Å². The minimum atomic E-state index is 0.251. The van der Waals surface area contributed by atoms with Crippen molar-refractivity contribution in [2.75, 3.05) is 32.8 Å². The number of nitrogens with zero attached hydrogens (tertiary/aromatic N) is 1. The molecule has 15 heavy (non-hydrogen) atoms. The van der Waals surface area contributed by atoms with Gasteiger partial charge >= 0.3 is 0 Å². The van der Waals surface area contributed by atoms with E-state index in [1.165, 1.54) is 0 Å². The largest absolute Gasteiger partial charge is 0.377 e. The molecule has 2 aliphatic rings. The molecule has 1 N–H and O–H groups in total. The Hall–Kier alpha value is -0.610. The first kappa shape index (κ1) is 10.9. The van der Waals surface area contributed by atoms with Gasteiger partial charge in [0.2, 0.25) is 5.91 Å². The lowest BCUT2D eigenvalue weighted by Gasteiger charge is -2.34. The van der Waals surface area contributed by atoms with Gasteiger partial charge in [-0.1, -0.05) is 0 Å². The van der Waals surface area contributed by atoms with Crippen molar-refractivity contribution >= 4 is 5.91 Å². The molecule has 2 atom stereocenters. The smallest absolute Gasteiger partial charge is 0.223 e. The Bertz CT molecular complexity index is 227. The average molecular weight is 212 g/mol. The normalized spacial score (nSPS) is 31.9. The second-order valence-corrected chi connectivity index (χ2v) is 4.57. The van der Waals surface area contributed by atoms with Gasteiger partial charge < -0.3 is 15.0 Å². The molecule has 0 aromatic carbocycles. The molecule has 2 rings (SSSR count). The van der Waals surface area contributed by atoms with Gasteiger partial charge in [0.15, 0.2) is 0 Å². The number of amides is 1. The Morgan fingerprint density at radius 2 is 2.47 bits per heavy atom. The first-order valence-electron chi connectivity index (χ1n) is 5.85. The summed E-state index contributed by atoms with van der Waals surface area (Å²) in [5.41, 5.74) is 0. The maximum atomic E-state index is 12.0. The molecule has 1 amide bonds. The fourth-order valence-electron chi connectivity index (χ4n) is 2.35. The number of hydrogen-bond donors (Lipinski definition) is 1. The standard InChI is InChI=1S/C11H20N2O2/c1-9-8-15-5-4-13(9)11(14)6-10-2-3-12-7-10/h9-10,12H,2-8H2,1H3. The van der Waals surface area contributed by atoms with Gasteiger partial charge in [0.1, 0.15) is 0 Å². The minimum absolute atomic E-state index is 0.251. The second kappa shape index (κ2) is 4.94. The molecule has 2 saturated heterocycles. The van der Waals surface area contributed by atoms with Crippen molar-refractivity contribution in [3.8, 4) is 0 Å². The van der Waals surface area contributed by atoms with E-state index in [2.05, 4.69) is 12.2 Å². The molecule has 2 aliphatic heterocycles. The lowest BCUT2D eigenvalue weighted by molar-refractivity contribution is -0.140. The summed E-state index contributed by atoms with van der Waals surface area (Å²) in [6, 6.07) is 0.251. The third kappa shape index (κ3) is 2.69. The summed E-state index contributed by atoms with van der Waals surface area (Å²) in [4.78, 5) is 14.0. The van der Waals surface area contributed by atoms with Crippen LogP contribution in [-0.2, 0) is 9.53 Å². The molecule has 0 saturated carbocycles. The van der Waals surface area contributed by atoms with Crippen LogP contribution in [0, 0.1) is 5.92 Å². The van der Waals surface area contributed by atoms with Crippen LogP contribution in [0.25, 0.3) is 0 Å². The first-order valence-corrected chi connectivity index (χ1v) is 5.85. The fraction of sp³-hybridized carbons (Fsp3) is 0.909. The van der Waals surface area contributed by atoms with Gasteiger partial charge in [-0.25, -0.2) is 0 Å². The molecule has 86 valence electrons. The number of hydrogen-bond acceptors (Lipinski definition) is 3. The summed E-state index contributed by atoms with van der Waals surface area (Å²) in [7, 11) is 0. The van der Waals surface area contributed by atoms with E-state index < -0.39 is 0 Å². The molecule has 4 nitrogen and oxygen atoms in total. The van der Waals surface area contributed by atoms with Crippen molar-refractivity contribution in [2.24, 2.45) is 5.92 Å². The molecule has 0 spiro atoms. The minimum Gasteiger partial charge on any atom is -0.377 e. The third-order valence-corrected chi connectivity index (χ3v) is 3.31. The molecule has 0 aromatic rings. The highest BCUT2D eigenvalue weighted by Gasteiger charge is 2.26. The highest BCUT2D eigenvalue weighted by Crippen LogP contribution is 2.16. The predicted molar refractivity (Wildman–Crippen MR) is 57.6 cm³/mol. The monoisotopic (exact) mass is 212 g/mol. The topological polar surface area (TPSA) is 41.6 Å². The van der Waals surface area contributed by atoms with Crippen LogP contribution in [0.2, 0.25) is 0 Å². The van der Waals surface area contributed by atoms with Gasteiger partial charge in [-0.3, -0.25) is 4.79 Å². The first-order chi connectivity index (χ1) is 7.27. The Labute approximate surface area is 91.0 Å². The van der Waals surface area contributed by atoms with E-state index >= 15 is 0 Å². The summed E-state index contributed by atoms with van der Waals surface area (Å²) in [5, 5.41) is 3.30. The predicted octanol–water partition coefficient (Wildman–Crippen LogP) is 0.233. The van der Waals surface area contributed by atoms with E-state index in [0.29, 0.717) is 31.5 Å². The number of carbonyl (C=O) groups is 1. The highest BCUT2D eigenvalue weighted by molar-refractivity contribution is 5.77. The van der Waals surface area contributed by atoms with Crippen molar-refractivity contribution in [3.05, 3.63) is 0 Å². The lowest BCUT2D eigenvalue weighted by Crippen LogP contribution is -2.47. The number of morpholine rings is 1. The zero-order chi connectivity index (χ0) is 10.7. The van der Waals surface area contributed by atoms with Crippen LogP contribution in [0.5, 0.6) is 0 Å². The summed E-state index contributed by atoms with van der Waals surface area (Å²) in [5.74, 6) is 0.854. The average Bonchev–Trinajstić information content (AvgIpc) is 2.71. The Morgan fingerprint density at radius 1 is 1.60 bits per heavy atom. The van der Waals surface area contributed by atoms with Gasteiger partial charge in [0.25, 0.3) is 0 Å². The van der Waals surface area contributed by atoms with E-state index in [1.807, 2.05) is 4.90 Å². The fourth-order valence-corrected chi connectivity index (χ4v) is 2.35. The SMILES string of the molecule is CC1COCCN1C(=O)CC1CCNC1. The number of carbonyl (C=O) groups excluding carboxylic acids is 1. The molecule has 0 radical (unpaired) electrons. The quantitative estimate of drug-likeness (QED) is 0.712. The molecule has 0 aromatic heterocycles. The number of nitrogens with one attached hydrogen (secondary N) is 1. The molecule has 0 aliphatic carbocycles. The van der Waals surface area contributed by atoms with Gasteiger partial charge in [-0.05, 0) is 32.4 Å². The van der Waals surface area contributed by atoms with E-state index in [4.69, 9.17) is 4.74 Å². The molecular formula is C11H20N2O2. The summed E-state index contributed by atoms with van der Waals surface area (Å²) in [6.45, 7) is 6.28. The maximum Gasteiger partial charge on any atom is 0.223 e. The van der Waals surface area contributed by atoms with E-state index in [9.17, 15) is 4.79 Å². The second-order valence-electron chi connectivity index (χ2n) is 4.57. The van der Waals surface area contributed by atoms with Crippen molar-refractivity contribution < 1.29 is 9.53 Å². The zero-order valence-corrected chi connectivity index (χ0v) is 9.37. The van der Waals surface area contributed by atoms with Crippen LogP contribution in [-0.4, -0.2) is 49.7 Å². The summed E-state index contributed by atoms with van der Waals surface area (Å²) in [6.07, 6.45) is 1.85. The molecule has 2 unspecified atom stereocenters. The van der Waals surface area contributed by atoms with Gasteiger partial charge in [0.05, 0.1) is 19.3 Å². The molecule has 0 bridgehead atoms. The van der Waals surface area contributed by atoms with E-state index in [0.717, 1.165) is 26.1 Å². The molecule has 2 fully saturated rings.